The molecule has 6 nitrogen and oxygen atoms in total. The number of hydrogen-bond acceptors (Lipinski definition) is 4. The number of carbonyl (C=O) groups is 1. The monoisotopic (exact) mass is 345 g/mol. The Morgan fingerprint density at radius 2 is 1.80 bits per heavy atom. The van der Waals surface area contributed by atoms with Gasteiger partial charge in [0.1, 0.15) is 11.4 Å². The van der Waals surface area contributed by atoms with E-state index in [0.717, 1.165) is 23.8 Å². The molecule has 1 amide bonds. The first kappa shape index (κ1) is 18.5. The van der Waals surface area contributed by atoms with Crippen LogP contribution >= 0.6 is 0 Å². The average Bonchev–Trinajstić information content (AvgIpc) is 2.59. The summed E-state index contributed by atoms with van der Waals surface area (Å²) in [6, 6.07) is 9.99. The first-order valence-electron chi connectivity index (χ1n) is 7.87. The van der Waals surface area contributed by atoms with Gasteiger partial charge >= 0.3 is 0 Å². The van der Waals surface area contributed by atoms with Crippen molar-refractivity contribution < 1.29 is 14.1 Å². The van der Waals surface area contributed by atoms with Gasteiger partial charge in [-0.25, -0.2) is 4.39 Å². The number of rotatable bonds is 6. The molecule has 2 rings (SSSR count). The van der Waals surface area contributed by atoms with Gasteiger partial charge in [-0.3, -0.25) is 14.9 Å². The first-order valence-corrected chi connectivity index (χ1v) is 7.87. The van der Waals surface area contributed by atoms with Gasteiger partial charge < -0.3 is 11.1 Å². The van der Waals surface area contributed by atoms with Crippen LogP contribution < -0.4 is 11.1 Å². The van der Waals surface area contributed by atoms with Crippen molar-refractivity contribution in [1.82, 2.24) is 5.32 Å². The molecule has 1 atom stereocenters. The number of amides is 1. The molecule has 0 fully saturated rings. The highest BCUT2D eigenvalue weighted by atomic mass is 19.1. The van der Waals surface area contributed by atoms with Gasteiger partial charge in [0, 0.05) is 18.7 Å². The zero-order valence-electron chi connectivity index (χ0n) is 14.0. The quantitative estimate of drug-likeness (QED) is 0.620. The molecule has 3 N–H and O–H groups in total. The van der Waals surface area contributed by atoms with Crippen molar-refractivity contribution in [3.05, 3.63) is 75.1 Å². The van der Waals surface area contributed by atoms with Crippen LogP contribution in [0.4, 0.5) is 10.1 Å². The molecule has 0 saturated heterocycles. The standard InChI is InChI=1S/C18H20FN3O3/c1-11(2)12-3-5-13(6-4-12)16(20)10-21-18(23)15-9-14(19)7-8-17(15)22(24)25/h3-9,11,16H,10,20H2,1-2H3,(H,21,23). The number of nitro groups is 1. The fourth-order valence-electron chi connectivity index (χ4n) is 2.39. The number of nitrogens with zero attached hydrogens (tertiary/aromatic N) is 1. The summed E-state index contributed by atoms with van der Waals surface area (Å²) in [5.74, 6) is -1.05. The predicted molar refractivity (Wildman–Crippen MR) is 92.8 cm³/mol. The maximum atomic E-state index is 13.3. The molecule has 0 aliphatic rings. The van der Waals surface area contributed by atoms with Gasteiger partial charge in [-0.2, -0.15) is 0 Å². The second-order valence-electron chi connectivity index (χ2n) is 6.06. The maximum absolute atomic E-state index is 13.3. The molecule has 132 valence electrons. The van der Waals surface area contributed by atoms with E-state index in [1.54, 1.807) is 0 Å². The zero-order chi connectivity index (χ0) is 18.6. The first-order chi connectivity index (χ1) is 11.8. The Morgan fingerprint density at radius 3 is 2.36 bits per heavy atom. The predicted octanol–water partition coefficient (Wildman–Crippen LogP) is 3.29. The highest BCUT2D eigenvalue weighted by Gasteiger charge is 2.21. The average molecular weight is 345 g/mol. The van der Waals surface area contributed by atoms with Crippen LogP contribution in [-0.4, -0.2) is 17.4 Å². The summed E-state index contributed by atoms with van der Waals surface area (Å²) < 4.78 is 13.3. The Labute approximate surface area is 145 Å². The van der Waals surface area contributed by atoms with Crippen molar-refractivity contribution in [3.8, 4) is 0 Å². The van der Waals surface area contributed by atoms with Crippen molar-refractivity contribution in [1.29, 1.82) is 0 Å². The summed E-state index contributed by atoms with van der Waals surface area (Å²) >= 11 is 0. The molecular formula is C18H20FN3O3. The molecule has 0 heterocycles. The van der Waals surface area contributed by atoms with Crippen LogP contribution in [0.2, 0.25) is 0 Å². The van der Waals surface area contributed by atoms with Crippen LogP contribution in [0.5, 0.6) is 0 Å². The second-order valence-corrected chi connectivity index (χ2v) is 6.06. The van der Waals surface area contributed by atoms with Crippen molar-refractivity contribution in [2.75, 3.05) is 6.54 Å². The topological polar surface area (TPSA) is 98.3 Å². The van der Waals surface area contributed by atoms with Crippen LogP contribution in [-0.2, 0) is 0 Å². The van der Waals surface area contributed by atoms with Gasteiger partial charge in [0.05, 0.1) is 4.92 Å². The number of hydrogen-bond donors (Lipinski definition) is 2. The zero-order valence-corrected chi connectivity index (χ0v) is 14.0. The number of nitro benzene ring substituents is 1. The largest absolute Gasteiger partial charge is 0.350 e. The lowest BCUT2D eigenvalue weighted by atomic mass is 9.99. The Morgan fingerprint density at radius 1 is 1.20 bits per heavy atom. The summed E-state index contributed by atoms with van der Waals surface area (Å²) in [6.07, 6.45) is 0. The summed E-state index contributed by atoms with van der Waals surface area (Å²) in [5.41, 5.74) is 7.28. The molecule has 7 heteroatoms. The summed E-state index contributed by atoms with van der Waals surface area (Å²) in [5, 5.41) is 13.5. The molecule has 0 aliphatic carbocycles. The van der Waals surface area contributed by atoms with E-state index in [-0.39, 0.29) is 12.1 Å². The molecule has 0 aliphatic heterocycles. The maximum Gasteiger partial charge on any atom is 0.282 e. The van der Waals surface area contributed by atoms with E-state index >= 15 is 0 Å². The van der Waals surface area contributed by atoms with Crippen LogP contribution in [0.15, 0.2) is 42.5 Å². The minimum Gasteiger partial charge on any atom is -0.350 e. The van der Waals surface area contributed by atoms with Crippen molar-refractivity contribution in [2.45, 2.75) is 25.8 Å². The van der Waals surface area contributed by atoms with Gasteiger partial charge in [-0.15, -0.1) is 0 Å². The van der Waals surface area contributed by atoms with Gasteiger partial charge in [0.2, 0.25) is 0 Å². The summed E-state index contributed by atoms with van der Waals surface area (Å²) in [7, 11) is 0. The molecular weight excluding hydrogens is 325 g/mol. The van der Waals surface area contributed by atoms with Crippen molar-refractivity contribution in [3.63, 3.8) is 0 Å². The van der Waals surface area contributed by atoms with Crippen molar-refractivity contribution >= 4 is 11.6 Å². The third-order valence-electron chi connectivity index (χ3n) is 3.91. The fraction of sp³-hybridized carbons (Fsp3) is 0.278. The molecule has 0 saturated carbocycles. The van der Waals surface area contributed by atoms with Gasteiger partial charge in [0.25, 0.3) is 11.6 Å². The van der Waals surface area contributed by atoms with E-state index in [4.69, 9.17) is 5.73 Å². The Kier molecular flexibility index (Phi) is 5.82. The van der Waals surface area contributed by atoms with Gasteiger partial charge in [-0.05, 0) is 29.2 Å². The van der Waals surface area contributed by atoms with E-state index < -0.39 is 28.4 Å². The van der Waals surface area contributed by atoms with E-state index in [1.165, 1.54) is 5.56 Å². The van der Waals surface area contributed by atoms with E-state index in [2.05, 4.69) is 19.2 Å². The van der Waals surface area contributed by atoms with Gasteiger partial charge in [-0.1, -0.05) is 38.1 Å². The molecule has 2 aromatic rings. The van der Waals surface area contributed by atoms with E-state index in [1.807, 2.05) is 24.3 Å². The molecule has 1 unspecified atom stereocenters. The van der Waals surface area contributed by atoms with Crippen LogP contribution in [0, 0.1) is 15.9 Å². The van der Waals surface area contributed by atoms with Crippen LogP contribution in [0.1, 0.15) is 47.3 Å². The van der Waals surface area contributed by atoms with E-state index in [9.17, 15) is 19.3 Å². The number of nitrogens with two attached hydrogens (primary N) is 1. The summed E-state index contributed by atoms with van der Waals surface area (Å²) in [4.78, 5) is 22.4. The minimum absolute atomic E-state index is 0.0769. The molecule has 0 aromatic heterocycles. The lowest BCUT2D eigenvalue weighted by Gasteiger charge is -2.14. The fourth-order valence-corrected chi connectivity index (χ4v) is 2.39. The molecule has 2 aromatic carbocycles. The SMILES string of the molecule is CC(C)c1ccc(C(N)CNC(=O)c2cc(F)ccc2[N+](=O)[O-])cc1. The van der Waals surface area contributed by atoms with Crippen LogP contribution in [0.25, 0.3) is 0 Å². The Balaban J connectivity index is 2.07. The van der Waals surface area contributed by atoms with Gasteiger partial charge in [0.15, 0.2) is 0 Å². The molecule has 0 spiro atoms. The van der Waals surface area contributed by atoms with Crippen molar-refractivity contribution in [2.24, 2.45) is 5.73 Å². The Bertz CT molecular complexity index is 776. The van der Waals surface area contributed by atoms with Crippen LogP contribution in [0.3, 0.4) is 0 Å². The lowest BCUT2D eigenvalue weighted by Crippen LogP contribution is -2.32. The minimum atomic E-state index is -0.736. The normalized spacial score (nSPS) is 12.0. The molecule has 0 bridgehead atoms. The smallest absolute Gasteiger partial charge is 0.282 e. The van der Waals surface area contributed by atoms with E-state index in [0.29, 0.717) is 5.92 Å². The summed E-state index contributed by atoms with van der Waals surface area (Å²) in [6.45, 7) is 4.25. The number of benzene rings is 2. The number of halogens is 1. The highest BCUT2D eigenvalue weighted by molar-refractivity contribution is 5.98. The Hall–Kier alpha value is -2.80. The molecule has 0 radical (unpaired) electrons. The molecule has 25 heavy (non-hydrogen) atoms. The second kappa shape index (κ2) is 7.85. The number of carbonyl (C=O) groups excluding carboxylic acids is 1. The third-order valence-corrected chi connectivity index (χ3v) is 3.91. The lowest BCUT2D eigenvalue weighted by molar-refractivity contribution is -0.385. The highest BCUT2D eigenvalue weighted by Crippen LogP contribution is 2.20. The third kappa shape index (κ3) is 4.60. The number of nitrogens with one attached hydrogen (secondary N) is 1.